The summed E-state index contributed by atoms with van der Waals surface area (Å²) < 4.78 is 12.3. The number of hydrogen-bond acceptors (Lipinski definition) is 4. The summed E-state index contributed by atoms with van der Waals surface area (Å²) in [4.78, 5) is 0. The number of halogens is 1. The van der Waals surface area contributed by atoms with Crippen LogP contribution in [0.5, 0.6) is 11.5 Å². The van der Waals surface area contributed by atoms with E-state index in [0.29, 0.717) is 0 Å². The number of methoxy groups -OCH3 is 1. The summed E-state index contributed by atoms with van der Waals surface area (Å²) in [5.74, 6) is 1.67. The summed E-state index contributed by atoms with van der Waals surface area (Å²) in [5, 5.41) is 10.4. The molecule has 27 heavy (non-hydrogen) atoms. The van der Waals surface area contributed by atoms with Gasteiger partial charge >= 0.3 is 0 Å². The number of ether oxygens (including phenoxy) is 2. The summed E-state index contributed by atoms with van der Waals surface area (Å²) in [6.07, 6.45) is 2.68. The van der Waals surface area contributed by atoms with Crippen LogP contribution in [0, 0.1) is 0 Å². The van der Waals surface area contributed by atoms with Gasteiger partial charge in [0.1, 0.15) is 0 Å². The first-order valence-corrected chi connectivity index (χ1v) is 9.89. The Bertz CT molecular complexity index is 908. The van der Waals surface area contributed by atoms with E-state index in [1.807, 2.05) is 36.4 Å². The van der Waals surface area contributed by atoms with Gasteiger partial charge in [-0.05, 0) is 12.1 Å². The number of nitrogens with two attached hydrogens (primary N) is 1. The van der Waals surface area contributed by atoms with E-state index in [9.17, 15) is 0 Å². The van der Waals surface area contributed by atoms with Crippen LogP contribution in [-0.4, -0.2) is 36.6 Å². The van der Waals surface area contributed by atoms with Crippen molar-refractivity contribution in [2.24, 2.45) is 5.10 Å². The van der Waals surface area contributed by atoms with Crippen molar-refractivity contribution in [3.05, 3.63) is 58.6 Å². The largest absolute Gasteiger partial charge is 0.493 e. The molecule has 2 N–H and O–H groups in total. The SMILES string of the molecule is COc1cccc2c1OC1(CC[NH2+]CC1)N1N=C(c3ccccc3Cl)C[C@@H]21. The van der Waals surface area contributed by atoms with Crippen molar-refractivity contribution in [1.82, 2.24) is 5.01 Å². The fourth-order valence-electron chi connectivity index (χ4n) is 4.54. The Kier molecular flexibility index (Phi) is 4.02. The van der Waals surface area contributed by atoms with Crippen LogP contribution in [-0.2, 0) is 0 Å². The predicted octanol–water partition coefficient (Wildman–Crippen LogP) is 2.95. The maximum atomic E-state index is 6.65. The molecule has 6 heteroatoms. The van der Waals surface area contributed by atoms with Crippen LogP contribution < -0.4 is 14.8 Å². The van der Waals surface area contributed by atoms with E-state index in [4.69, 9.17) is 26.2 Å². The van der Waals surface area contributed by atoms with Gasteiger partial charge in [0, 0.05) is 22.6 Å². The van der Waals surface area contributed by atoms with Crippen molar-refractivity contribution >= 4 is 17.3 Å². The number of hydrogen-bond donors (Lipinski definition) is 1. The molecule has 0 saturated carbocycles. The zero-order valence-electron chi connectivity index (χ0n) is 15.3. The van der Waals surface area contributed by atoms with E-state index in [2.05, 4.69) is 16.4 Å². The van der Waals surface area contributed by atoms with Crippen molar-refractivity contribution in [2.45, 2.75) is 31.0 Å². The summed E-state index contributed by atoms with van der Waals surface area (Å²) in [5.41, 5.74) is 2.76. The van der Waals surface area contributed by atoms with Crippen molar-refractivity contribution < 1.29 is 14.8 Å². The number of piperidine rings is 1. The van der Waals surface area contributed by atoms with E-state index in [1.54, 1.807) is 7.11 Å². The van der Waals surface area contributed by atoms with Crippen LogP contribution in [0.1, 0.15) is 36.4 Å². The molecule has 3 aliphatic heterocycles. The zero-order chi connectivity index (χ0) is 18.4. The molecule has 1 saturated heterocycles. The number of quaternary nitrogens is 1. The highest BCUT2D eigenvalue weighted by Crippen LogP contribution is 2.52. The molecule has 140 valence electrons. The summed E-state index contributed by atoms with van der Waals surface area (Å²) in [6.45, 7) is 2.06. The minimum absolute atomic E-state index is 0.147. The fraction of sp³-hybridized carbons (Fsp3) is 0.381. The van der Waals surface area contributed by atoms with E-state index >= 15 is 0 Å². The maximum absolute atomic E-state index is 6.65. The average Bonchev–Trinajstić information content (AvgIpc) is 3.15. The van der Waals surface area contributed by atoms with Gasteiger partial charge in [-0.3, -0.25) is 0 Å². The molecule has 0 bridgehead atoms. The number of para-hydroxylation sites is 1. The van der Waals surface area contributed by atoms with Crippen molar-refractivity contribution in [3.8, 4) is 11.5 Å². The molecule has 1 atom stereocenters. The molecule has 2 aromatic carbocycles. The van der Waals surface area contributed by atoms with E-state index in [-0.39, 0.29) is 6.04 Å². The lowest BCUT2D eigenvalue weighted by atomic mass is 9.91. The van der Waals surface area contributed by atoms with Crippen LogP contribution in [0.25, 0.3) is 0 Å². The lowest BCUT2D eigenvalue weighted by molar-refractivity contribution is -0.670. The van der Waals surface area contributed by atoms with Crippen molar-refractivity contribution in [3.63, 3.8) is 0 Å². The molecule has 5 rings (SSSR count). The standard InChI is InChI=1S/C21H22ClN3O2/c1-26-19-8-4-6-15-18-13-17(14-5-2-3-7-16(14)22)24-25(18)21(27-20(15)19)9-11-23-12-10-21/h2-8,18,23H,9-13H2,1H3/p+1/t18-/m0/s1. The number of fused-ring (bicyclic) bond motifs is 4. The Balaban J connectivity index is 1.63. The molecule has 0 amide bonds. The molecule has 1 fully saturated rings. The maximum Gasteiger partial charge on any atom is 0.209 e. The van der Waals surface area contributed by atoms with Gasteiger partial charge < -0.3 is 14.8 Å². The van der Waals surface area contributed by atoms with Gasteiger partial charge in [-0.15, -0.1) is 0 Å². The summed E-state index contributed by atoms with van der Waals surface area (Å²) in [6, 6.07) is 14.2. The second-order valence-electron chi connectivity index (χ2n) is 7.38. The second kappa shape index (κ2) is 6.43. The highest BCUT2D eigenvalue weighted by molar-refractivity contribution is 6.34. The topological polar surface area (TPSA) is 50.7 Å². The molecule has 1 spiro atoms. The molecular weight excluding hydrogens is 362 g/mol. The minimum atomic E-state index is -0.413. The third-order valence-corrected chi connectivity index (χ3v) is 6.20. The molecule has 3 aliphatic rings. The van der Waals surface area contributed by atoms with Gasteiger partial charge in [0.25, 0.3) is 0 Å². The van der Waals surface area contributed by atoms with E-state index in [0.717, 1.165) is 65.7 Å². The van der Waals surface area contributed by atoms with Gasteiger partial charge in [0.05, 0.1) is 44.8 Å². The van der Waals surface area contributed by atoms with Crippen molar-refractivity contribution in [2.75, 3.05) is 20.2 Å². The number of benzene rings is 2. The monoisotopic (exact) mass is 384 g/mol. The third kappa shape index (κ3) is 2.60. The Morgan fingerprint density at radius 1 is 1.19 bits per heavy atom. The van der Waals surface area contributed by atoms with Crippen LogP contribution >= 0.6 is 11.6 Å². The Labute approximate surface area is 163 Å². The highest BCUT2D eigenvalue weighted by atomic mass is 35.5. The van der Waals surface area contributed by atoms with Gasteiger partial charge in [0.15, 0.2) is 11.5 Å². The van der Waals surface area contributed by atoms with Gasteiger partial charge in [-0.1, -0.05) is 41.9 Å². The number of rotatable bonds is 2. The molecular formula is C21H23ClN3O2+. The Morgan fingerprint density at radius 3 is 2.78 bits per heavy atom. The Morgan fingerprint density at radius 2 is 2.00 bits per heavy atom. The fourth-order valence-corrected chi connectivity index (χ4v) is 4.79. The Hall–Kier alpha value is -2.24. The van der Waals surface area contributed by atoms with Gasteiger partial charge in [0.2, 0.25) is 5.72 Å². The summed E-state index contributed by atoms with van der Waals surface area (Å²) in [7, 11) is 1.70. The molecule has 5 nitrogen and oxygen atoms in total. The molecule has 0 unspecified atom stereocenters. The molecule has 0 aliphatic carbocycles. The summed E-state index contributed by atoms with van der Waals surface area (Å²) >= 11 is 6.47. The second-order valence-corrected chi connectivity index (χ2v) is 7.79. The first-order chi connectivity index (χ1) is 13.2. The van der Waals surface area contributed by atoms with Crippen molar-refractivity contribution in [1.29, 1.82) is 0 Å². The molecule has 2 aromatic rings. The normalized spacial score (nSPS) is 22.7. The van der Waals surface area contributed by atoms with Gasteiger partial charge in [-0.25, -0.2) is 5.01 Å². The molecule has 0 aromatic heterocycles. The molecule has 3 heterocycles. The van der Waals surface area contributed by atoms with E-state index < -0.39 is 5.72 Å². The number of nitrogens with zero attached hydrogens (tertiary/aromatic N) is 2. The average molecular weight is 385 g/mol. The lowest BCUT2D eigenvalue weighted by Gasteiger charge is -2.48. The number of hydrazone groups is 1. The van der Waals surface area contributed by atoms with Crippen LogP contribution in [0.2, 0.25) is 5.02 Å². The highest BCUT2D eigenvalue weighted by Gasteiger charge is 2.52. The van der Waals surface area contributed by atoms with Crippen LogP contribution in [0.15, 0.2) is 47.6 Å². The van der Waals surface area contributed by atoms with Crippen LogP contribution in [0.3, 0.4) is 0 Å². The smallest absolute Gasteiger partial charge is 0.209 e. The van der Waals surface area contributed by atoms with E-state index in [1.165, 1.54) is 0 Å². The molecule has 0 radical (unpaired) electrons. The quantitative estimate of drug-likeness (QED) is 0.866. The van der Waals surface area contributed by atoms with Gasteiger partial charge in [-0.2, -0.15) is 5.10 Å². The lowest BCUT2D eigenvalue weighted by Crippen LogP contribution is -2.89. The zero-order valence-corrected chi connectivity index (χ0v) is 16.1. The van der Waals surface area contributed by atoms with Crippen LogP contribution in [0.4, 0.5) is 0 Å². The predicted molar refractivity (Wildman–Crippen MR) is 104 cm³/mol. The minimum Gasteiger partial charge on any atom is -0.493 e. The third-order valence-electron chi connectivity index (χ3n) is 5.87. The first kappa shape index (κ1) is 16.9. The first-order valence-electron chi connectivity index (χ1n) is 9.51.